The van der Waals surface area contributed by atoms with E-state index in [1.807, 2.05) is 45.0 Å². The molecule has 0 bridgehead atoms. The smallest absolute Gasteiger partial charge is 0.123 e. The van der Waals surface area contributed by atoms with Crippen LogP contribution in [0.2, 0.25) is 5.02 Å². The lowest BCUT2D eigenvalue weighted by Crippen LogP contribution is -2.28. The number of thiazole rings is 1. The Kier molecular flexibility index (Phi) is 3.25. The summed E-state index contributed by atoms with van der Waals surface area (Å²) in [6.07, 6.45) is 0. The molecule has 2 nitrogen and oxygen atoms in total. The monoisotopic (exact) mass is 266 g/mol. The van der Waals surface area contributed by atoms with Gasteiger partial charge in [0.05, 0.1) is 5.69 Å². The number of hydrogen-bond acceptors (Lipinski definition) is 3. The van der Waals surface area contributed by atoms with Gasteiger partial charge in [-0.05, 0) is 32.9 Å². The highest BCUT2D eigenvalue weighted by Gasteiger charge is 2.21. The fourth-order valence-electron chi connectivity index (χ4n) is 1.71. The summed E-state index contributed by atoms with van der Waals surface area (Å²) >= 11 is 7.52. The molecule has 0 atom stereocenters. The summed E-state index contributed by atoms with van der Waals surface area (Å²) in [5, 5.41) is 1.73. The number of halogens is 1. The zero-order valence-electron chi connectivity index (χ0n) is 10.1. The van der Waals surface area contributed by atoms with Crippen molar-refractivity contribution in [3.8, 4) is 10.6 Å². The Morgan fingerprint density at radius 2 is 1.82 bits per heavy atom. The van der Waals surface area contributed by atoms with Gasteiger partial charge in [-0.1, -0.05) is 23.7 Å². The predicted molar refractivity (Wildman–Crippen MR) is 74.5 cm³/mol. The first-order valence-corrected chi connectivity index (χ1v) is 6.60. The van der Waals surface area contributed by atoms with E-state index in [1.165, 1.54) is 0 Å². The lowest BCUT2D eigenvalue weighted by molar-refractivity contribution is 0.562. The lowest BCUT2D eigenvalue weighted by Gasteiger charge is -2.16. The largest absolute Gasteiger partial charge is 0.321 e. The molecule has 90 valence electrons. The molecule has 1 heterocycles. The Labute approximate surface area is 110 Å². The van der Waals surface area contributed by atoms with Crippen molar-refractivity contribution in [3.63, 3.8) is 0 Å². The highest BCUT2D eigenvalue weighted by atomic mass is 35.5. The van der Waals surface area contributed by atoms with E-state index in [-0.39, 0.29) is 5.54 Å². The molecule has 0 saturated heterocycles. The first kappa shape index (κ1) is 12.6. The van der Waals surface area contributed by atoms with E-state index in [0.29, 0.717) is 0 Å². The summed E-state index contributed by atoms with van der Waals surface area (Å²) in [5.74, 6) is 0. The van der Waals surface area contributed by atoms with E-state index < -0.39 is 0 Å². The number of rotatable bonds is 2. The van der Waals surface area contributed by atoms with Gasteiger partial charge >= 0.3 is 0 Å². The minimum Gasteiger partial charge on any atom is -0.321 e. The van der Waals surface area contributed by atoms with E-state index in [4.69, 9.17) is 17.3 Å². The van der Waals surface area contributed by atoms with Crippen molar-refractivity contribution >= 4 is 22.9 Å². The van der Waals surface area contributed by atoms with Gasteiger partial charge in [-0.2, -0.15) is 0 Å². The van der Waals surface area contributed by atoms with Crippen LogP contribution in [0.4, 0.5) is 0 Å². The summed E-state index contributed by atoms with van der Waals surface area (Å²) < 4.78 is 0. The van der Waals surface area contributed by atoms with Crippen LogP contribution in [0.5, 0.6) is 0 Å². The summed E-state index contributed by atoms with van der Waals surface area (Å²) in [4.78, 5) is 5.70. The van der Waals surface area contributed by atoms with Crippen molar-refractivity contribution in [1.82, 2.24) is 4.98 Å². The standard InChI is InChI=1S/C13H15ClN2S/c1-8-11(13(2,3)15)17-12(16-8)9-4-6-10(14)7-5-9/h4-7H,15H2,1-3H3. The van der Waals surface area contributed by atoms with Gasteiger partial charge in [0.25, 0.3) is 0 Å². The zero-order chi connectivity index (χ0) is 12.6. The summed E-state index contributed by atoms with van der Waals surface area (Å²) in [7, 11) is 0. The maximum Gasteiger partial charge on any atom is 0.123 e. The maximum absolute atomic E-state index is 6.12. The Hall–Kier alpha value is -0.900. The van der Waals surface area contributed by atoms with Gasteiger partial charge in [0.2, 0.25) is 0 Å². The normalized spacial score (nSPS) is 11.8. The zero-order valence-corrected chi connectivity index (χ0v) is 11.7. The molecule has 1 aromatic heterocycles. The SMILES string of the molecule is Cc1nc(-c2ccc(Cl)cc2)sc1C(C)(C)N. The number of benzene rings is 1. The van der Waals surface area contributed by atoms with Crippen molar-refractivity contribution < 1.29 is 0 Å². The molecule has 0 saturated carbocycles. The number of hydrogen-bond donors (Lipinski definition) is 1. The minimum atomic E-state index is -0.341. The van der Waals surface area contributed by atoms with Crippen LogP contribution in [0.25, 0.3) is 10.6 Å². The van der Waals surface area contributed by atoms with Crippen LogP contribution in [0, 0.1) is 6.92 Å². The van der Waals surface area contributed by atoms with E-state index in [2.05, 4.69) is 4.98 Å². The molecule has 0 aliphatic heterocycles. The second-order valence-electron chi connectivity index (χ2n) is 4.66. The average molecular weight is 267 g/mol. The highest BCUT2D eigenvalue weighted by molar-refractivity contribution is 7.15. The second kappa shape index (κ2) is 4.41. The second-order valence-corrected chi connectivity index (χ2v) is 6.10. The van der Waals surface area contributed by atoms with Crippen LogP contribution >= 0.6 is 22.9 Å². The highest BCUT2D eigenvalue weighted by Crippen LogP contribution is 2.33. The summed E-state index contributed by atoms with van der Waals surface area (Å²) in [5.41, 5.74) is 7.87. The van der Waals surface area contributed by atoms with Crippen molar-refractivity contribution in [2.45, 2.75) is 26.3 Å². The van der Waals surface area contributed by atoms with Crippen LogP contribution in [-0.2, 0) is 5.54 Å². The van der Waals surface area contributed by atoms with E-state index in [9.17, 15) is 0 Å². The van der Waals surface area contributed by atoms with Crippen LogP contribution in [0.15, 0.2) is 24.3 Å². The van der Waals surface area contributed by atoms with Crippen molar-refractivity contribution in [2.75, 3.05) is 0 Å². The maximum atomic E-state index is 6.12. The molecule has 1 aromatic carbocycles. The number of aryl methyl sites for hydroxylation is 1. The number of aromatic nitrogens is 1. The molecule has 0 amide bonds. The topological polar surface area (TPSA) is 38.9 Å². The summed E-state index contributed by atoms with van der Waals surface area (Å²) in [6.45, 7) is 6.00. The lowest BCUT2D eigenvalue weighted by atomic mass is 10.0. The Balaban J connectivity index is 2.45. The molecular formula is C13H15ClN2S. The molecule has 2 N–H and O–H groups in total. The predicted octanol–water partition coefficient (Wildman–Crippen LogP) is 3.97. The van der Waals surface area contributed by atoms with E-state index in [1.54, 1.807) is 11.3 Å². The first-order valence-electron chi connectivity index (χ1n) is 5.40. The van der Waals surface area contributed by atoms with Gasteiger partial charge in [0.15, 0.2) is 0 Å². The van der Waals surface area contributed by atoms with E-state index >= 15 is 0 Å². The van der Waals surface area contributed by atoms with Crippen molar-refractivity contribution in [1.29, 1.82) is 0 Å². The first-order chi connectivity index (χ1) is 7.88. The third kappa shape index (κ3) is 2.68. The molecular weight excluding hydrogens is 252 g/mol. The molecule has 17 heavy (non-hydrogen) atoms. The molecule has 0 aliphatic carbocycles. The molecule has 2 rings (SSSR count). The van der Waals surface area contributed by atoms with Gasteiger partial charge in [-0.15, -0.1) is 11.3 Å². The van der Waals surface area contributed by atoms with Crippen LogP contribution in [-0.4, -0.2) is 4.98 Å². The molecule has 2 aromatic rings. The molecule has 0 radical (unpaired) electrons. The van der Waals surface area contributed by atoms with Gasteiger partial charge in [-0.3, -0.25) is 0 Å². The van der Waals surface area contributed by atoms with Gasteiger partial charge in [0, 0.05) is 21.0 Å². The molecule has 0 fully saturated rings. The molecule has 0 aliphatic rings. The molecule has 0 unspecified atom stereocenters. The summed E-state index contributed by atoms with van der Waals surface area (Å²) in [6, 6.07) is 7.71. The van der Waals surface area contributed by atoms with Gasteiger partial charge in [0.1, 0.15) is 5.01 Å². The third-order valence-corrected chi connectivity index (χ3v) is 4.27. The number of nitrogens with zero attached hydrogens (tertiary/aromatic N) is 1. The van der Waals surface area contributed by atoms with Crippen molar-refractivity contribution in [3.05, 3.63) is 39.9 Å². The molecule has 0 spiro atoms. The Bertz CT molecular complexity index is 523. The van der Waals surface area contributed by atoms with Crippen LogP contribution < -0.4 is 5.73 Å². The van der Waals surface area contributed by atoms with Crippen LogP contribution in [0.3, 0.4) is 0 Å². The average Bonchev–Trinajstić information content (AvgIpc) is 2.61. The number of nitrogens with two attached hydrogens (primary N) is 1. The van der Waals surface area contributed by atoms with Crippen molar-refractivity contribution in [2.24, 2.45) is 5.73 Å². The molecule has 4 heteroatoms. The minimum absolute atomic E-state index is 0.341. The van der Waals surface area contributed by atoms with Crippen LogP contribution in [0.1, 0.15) is 24.4 Å². The van der Waals surface area contributed by atoms with E-state index in [0.717, 1.165) is 26.2 Å². The fraction of sp³-hybridized carbons (Fsp3) is 0.308. The van der Waals surface area contributed by atoms with Gasteiger partial charge < -0.3 is 5.73 Å². The quantitative estimate of drug-likeness (QED) is 0.893. The Morgan fingerprint density at radius 1 is 1.24 bits per heavy atom. The third-order valence-electron chi connectivity index (χ3n) is 2.47. The fourth-order valence-corrected chi connectivity index (χ4v) is 2.92. The Morgan fingerprint density at radius 3 is 2.29 bits per heavy atom. The van der Waals surface area contributed by atoms with Gasteiger partial charge in [-0.25, -0.2) is 4.98 Å².